The van der Waals surface area contributed by atoms with Crippen molar-refractivity contribution in [2.45, 2.75) is 18.7 Å². The van der Waals surface area contributed by atoms with Crippen molar-refractivity contribution in [3.8, 4) is 0 Å². The lowest BCUT2D eigenvalue weighted by Crippen LogP contribution is -2.15. The molecule has 4 nitrogen and oxygen atoms in total. The van der Waals surface area contributed by atoms with Crippen molar-refractivity contribution in [3.63, 3.8) is 0 Å². The smallest absolute Gasteiger partial charge is 0.262 e. The summed E-state index contributed by atoms with van der Waals surface area (Å²) in [7, 11) is -3.70. The molecule has 2 rings (SSSR count). The van der Waals surface area contributed by atoms with Crippen molar-refractivity contribution in [2.75, 3.05) is 4.72 Å². The van der Waals surface area contributed by atoms with Crippen LogP contribution in [0.15, 0.2) is 39.8 Å². The Kier molecular flexibility index (Phi) is 4.36. The Labute approximate surface area is 131 Å². The van der Waals surface area contributed by atoms with Crippen LogP contribution >= 0.6 is 27.5 Å². The number of aryl methyl sites for hydroxylation is 2. The summed E-state index contributed by atoms with van der Waals surface area (Å²) >= 11 is 9.13. The van der Waals surface area contributed by atoms with Gasteiger partial charge in [0.1, 0.15) is 0 Å². The number of halogens is 2. The summed E-state index contributed by atoms with van der Waals surface area (Å²) in [5.41, 5.74) is 1.78. The van der Waals surface area contributed by atoms with Gasteiger partial charge >= 0.3 is 0 Å². The SMILES string of the molecule is Cc1ccc(C)c(S(=O)(=O)Nc2cc(Br)cnc2Cl)c1. The Morgan fingerprint density at radius 1 is 1.25 bits per heavy atom. The summed E-state index contributed by atoms with van der Waals surface area (Å²) in [5.74, 6) is 0. The van der Waals surface area contributed by atoms with Gasteiger partial charge in [0.15, 0.2) is 5.15 Å². The number of nitrogens with one attached hydrogen (secondary N) is 1. The van der Waals surface area contributed by atoms with Gasteiger partial charge in [-0.2, -0.15) is 0 Å². The molecule has 2 aromatic rings. The van der Waals surface area contributed by atoms with Gasteiger partial charge in [0.05, 0.1) is 10.6 Å². The fourth-order valence-corrected chi connectivity index (χ4v) is 3.62. The first-order valence-corrected chi connectivity index (χ1v) is 8.36. The molecule has 0 bridgehead atoms. The molecule has 106 valence electrons. The number of anilines is 1. The highest BCUT2D eigenvalue weighted by molar-refractivity contribution is 9.10. The molecular weight excluding hydrogens is 364 g/mol. The van der Waals surface area contributed by atoms with Gasteiger partial charge < -0.3 is 0 Å². The molecule has 20 heavy (non-hydrogen) atoms. The van der Waals surface area contributed by atoms with Gasteiger partial charge in [-0.15, -0.1) is 0 Å². The topological polar surface area (TPSA) is 59.1 Å². The van der Waals surface area contributed by atoms with E-state index in [1.165, 1.54) is 6.20 Å². The summed E-state index contributed by atoms with van der Waals surface area (Å²) in [6, 6.07) is 6.82. The van der Waals surface area contributed by atoms with Gasteiger partial charge in [0.25, 0.3) is 10.0 Å². The first-order valence-electron chi connectivity index (χ1n) is 5.71. The van der Waals surface area contributed by atoms with Crippen LogP contribution in [0.1, 0.15) is 11.1 Å². The van der Waals surface area contributed by atoms with Crippen molar-refractivity contribution in [1.82, 2.24) is 4.98 Å². The first kappa shape index (κ1) is 15.3. The molecule has 7 heteroatoms. The van der Waals surface area contributed by atoms with Crippen molar-refractivity contribution in [1.29, 1.82) is 0 Å². The zero-order valence-electron chi connectivity index (χ0n) is 10.8. The minimum absolute atomic E-state index is 0.0991. The summed E-state index contributed by atoms with van der Waals surface area (Å²) in [4.78, 5) is 4.12. The maximum absolute atomic E-state index is 12.4. The highest BCUT2D eigenvalue weighted by Gasteiger charge is 2.18. The molecular formula is C13H12BrClN2O2S. The van der Waals surface area contributed by atoms with Crippen LogP contribution in [0, 0.1) is 13.8 Å². The van der Waals surface area contributed by atoms with E-state index in [0.29, 0.717) is 10.0 Å². The van der Waals surface area contributed by atoms with Gasteiger partial charge in [0.2, 0.25) is 0 Å². The summed E-state index contributed by atoms with van der Waals surface area (Å²) in [6.45, 7) is 3.58. The van der Waals surface area contributed by atoms with Crippen LogP contribution in [0.5, 0.6) is 0 Å². The van der Waals surface area contributed by atoms with Gasteiger partial charge in [-0.25, -0.2) is 13.4 Å². The molecule has 0 atom stereocenters. The van der Waals surface area contributed by atoms with Crippen LogP contribution in [0.2, 0.25) is 5.15 Å². The number of hydrogen-bond donors (Lipinski definition) is 1. The average Bonchev–Trinajstić information content (AvgIpc) is 2.36. The Balaban J connectivity index is 2.46. The van der Waals surface area contributed by atoms with Crippen LogP contribution in [-0.4, -0.2) is 13.4 Å². The maximum atomic E-state index is 12.4. The normalized spacial score (nSPS) is 11.4. The van der Waals surface area contributed by atoms with Crippen molar-refractivity contribution < 1.29 is 8.42 Å². The van der Waals surface area contributed by atoms with Gasteiger partial charge in [-0.1, -0.05) is 23.7 Å². The van der Waals surface area contributed by atoms with E-state index in [4.69, 9.17) is 11.6 Å². The van der Waals surface area contributed by atoms with Crippen LogP contribution in [0.4, 0.5) is 5.69 Å². The minimum Gasteiger partial charge on any atom is -0.276 e. The maximum Gasteiger partial charge on any atom is 0.262 e. The minimum atomic E-state index is -3.70. The van der Waals surface area contributed by atoms with Gasteiger partial charge in [-0.05, 0) is 53.0 Å². The lowest BCUT2D eigenvalue weighted by atomic mass is 10.2. The van der Waals surface area contributed by atoms with Crippen molar-refractivity contribution in [3.05, 3.63) is 51.2 Å². The number of rotatable bonds is 3. The van der Waals surface area contributed by atoms with Crippen LogP contribution < -0.4 is 4.72 Å². The lowest BCUT2D eigenvalue weighted by molar-refractivity contribution is 0.600. The second kappa shape index (κ2) is 5.71. The molecule has 0 saturated carbocycles. The average molecular weight is 376 g/mol. The second-order valence-electron chi connectivity index (χ2n) is 4.37. The predicted molar refractivity (Wildman–Crippen MR) is 83.7 cm³/mol. The number of hydrogen-bond acceptors (Lipinski definition) is 3. The Morgan fingerprint density at radius 3 is 2.65 bits per heavy atom. The monoisotopic (exact) mass is 374 g/mol. The third kappa shape index (κ3) is 3.31. The molecule has 1 aromatic heterocycles. The van der Waals surface area contributed by atoms with E-state index in [1.807, 2.05) is 13.0 Å². The molecule has 1 heterocycles. The van der Waals surface area contributed by atoms with Crippen LogP contribution in [0.25, 0.3) is 0 Å². The molecule has 0 spiro atoms. The Morgan fingerprint density at radius 2 is 1.95 bits per heavy atom. The fourth-order valence-electron chi connectivity index (χ4n) is 1.69. The standard InChI is InChI=1S/C13H12BrClN2O2S/c1-8-3-4-9(2)12(5-8)20(18,19)17-11-6-10(14)7-16-13(11)15/h3-7,17H,1-2H3. The number of aromatic nitrogens is 1. The van der Waals surface area contributed by atoms with Gasteiger partial charge in [0, 0.05) is 10.7 Å². The molecule has 0 aliphatic heterocycles. The third-order valence-corrected chi connectivity index (χ3v) is 4.93. The fraction of sp³-hybridized carbons (Fsp3) is 0.154. The zero-order chi connectivity index (χ0) is 14.9. The van der Waals surface area contributed by atoms with E-state index in [2.05, 4.69) is 25.6 Å². The number of nitrogens with zero attached hydrogens (tertiary/aromatic N) is 1. The molecule has 0 radical (unpaired) electrons. The quantitative estimate of drug-likeness (QED) is 0.827. The van der Waals surface area contributed by atoms with Crippen molar-refractivity contribution in [2.24, 2.45) is 0 Å². The number of sulfonamides is 1. The number of benzene rings is 1. The van der Waals surface area contributed by atoms with Crippen LogP contribution in [0.3, 0.4) is 0 Å². The molecule has 1 N–H and O–H groups in total. The molecule has 0 fully saturated rings. The first-order chi connectivity index (χ1) is 9.29. The second-order valence-corrected chi connectivity index (χ2v) is 7.29. The predicted octanol–water partition coefficient (Wildman–Crippen LogP) is 3.92. The third-order valence-electron chi connectivity index (χ3n) is 2.68. The largest absolute Gasteiger partial charge is 0.276 e. The Bertz CT molecular complexity index is 763. The summed E-state index contributed by atoms with van der Waals surface area (Å²) in [5, 5.41) is 0.0991. The van der Waals surface area contributed by atoms with E-state index < -0.39 is 10.0 Å². The van der Waals surface area contributed by atoms with E-state index in [9.17, 15) is 8.42 Å². The van der Waals surface area contributed by atoms with Crippen LogP contribution in [-0.2, 0) is 10.0 Å². The summed E-state index contributed by atoms with van der Waals surface area (Å²) in [6.07, 6.45) is 1.50. The highest BCUT2D eigenvalue weighted by atomic mass is 79.9. The Hall–Kier alpha value is -1.11. The van der Waals surface area contributed by atoms with E-state index in [1.54, 1.807) is 25.1 Å². The van der Waals surface area contributed by atoms with Crippen molar-refractivity contribution >= 4 is 43.2 Å². The zero-order valence-corrected chi connectivity index (χ0v) is 14.0. The lowest BCUT2D eigenvalue weighted by Gasteiger charge is -2.12. The highest BCUT2D eigenvalue weighted by Crippen LogP contribution is 2.27. The molecule has 0 unspecified atom stereocenters. The summed E-state index contributed by atoms with van der Waals surface area (Å²) < 4.78 is 27.9. The molecule has 0 amide bonds. The van der Waals surface area contributed by atoms with E-state index in [-0.39, 0.29) is 15.7 Å². The molecule has 1 aromatic carbocycles. The van der Waals surface area contributed by atoms with E-state index in [0.717, 1.165) is 5.56 Å². The van der Waals surface area contributed by atoms with E-state index >= 15 is 0 Å². The molecule has 0 saturated heterocycles. The molecule has 0 aliphatic carbocycles. The molecule has 0 aliphatic rings. The van der Waals surface area contributed by atoms with Gasteiger partial charge in [-0.3, -0.25) is 4.72 Å². The number of pyridine rings is 1.